The van der Waals surface area contributed by atoms with Gasteiger partial charge in [-0.1, -0.05) is 194 Å². The molecule has 0 spiro atoms. The molecule has 4 nitrogen and oxygen atoms in total. The first kappa shape index (κ1) is 33.0. The van der Waals surface area contributed by atoms with Crippen LogP contribution in [0.1, 0.15) is 0 Å². The first-order chi connectivity index (χ1) is 27.7. The van der Waals surface area contributed by atoms with Crippen LogP contribution in [0, 0.1) is 0 Å². The Hall–Kier alpha value is -7.56. The van der Waals surface area contributed by atoms with Gasteiger partial charge in [0.25, 0.3) is 0 Å². The molecule has 0 amide bonds. The maximum absolute atomic E-state index is 5.25. The van der Waals surface area contributed by atoms with E-state index in [-0.39, 0.29) is 0 Å². The Morgan fingerprint density at radius 2 is 0.661 bits per heavy atom. The number of aromatic nitrogens is 4. The van der Waals surface area contributed by atoms with E-state index in [2.05, 4.69) is 146 Å². The van der Waals surface area contributed by atoms with E-state index in [9.17, 15) is 0 Å². The van der Waals surface area contributed by atoms with Crippen molar-refractivity contribution in [3.63, 3.8) is 0 Å². The highest BCUT2D eigenvalue weighted by Crippen LogP contribution is 2.40. The lowest BCUT2D eigenvalue weighted by atomic mass is 9.91. The molecule has 0 aliphatic rings. The second-order valence-electron chi connectivity index (χ2n) is 13.8. The quantitative estimate of drug-likeness (QED) is 0.154. The number of rotatable bonds is 7. The van der Waals surface area contributed by atoms with E-state index in [1.807, 2.05) is 60.7 Å². The first-order valence-electron chi connectivity index (χ1n) is 18.8. The molecule has 4 heteroatoms. The lowest BCUT2D eigenvalue weighted by Crippen LogP contribution is -2.00. The highest BCUT2D eigenvalue weighted by molar-refractivity contribution is 6.17. The van der Waals surface area contributed by atoms with Gasteiger partial charge in [-0.3, -0.25) is 0 Å². The normalized spacial score (nSPS) is 11.2. The molecule has 0 atom stereocenters. The Morgan fingerprint density at radius 3 is 1.27 bits per heavy atom. The van der Waals surface area contributed by atoms with Gasteiger partial charge in [0.05, 0.1) is 11.2 Å². The summed E-state index contributed by atoms with van der Waals surface area (Å²) in [6.07, 6.45) is 0. The maximum atomic E-state index is 5.25. The molecular weight excluding hydrogens is 681 g/mol. The zero-order chi connectivity index (χ0) is 37.3. The summed E-state index contributed by atoms with van der Waals surface area (Å²) < 4.78 is 0. The highest BCUT2D eigenvalue weighted by Gasteiger charge is 2.16. The fraction of sp³-hybridized carbons (Fsp3) is 0. The molecule has 0 saturated heterocycles. The largest absolute Gasteiger partial charge is 0.247 e. The summed E-state index contributed by atoms with van der Waals surface area (Å²) in [5, 5.41) is 3.48. The molecule has 2 heterocycles. The van der Waals surface area contributed by atoms with E-state index in [1.165, 1.54) is 22.1 Å². The van der Waals surface area contributed by atoms with Gasteiger partial charge < -0.3 is 0 Å². The summed E-state index contributed by atoms with van der Waals surface area (Å²) in [5.41, 5.74) is 12.9. The molecule has 2 aromatic heterocycles. The third kappa shape index (κ3) is 6.29. The van der Waals surface area contributed by atoms with E-state index >= 15 is 0 Å². The van der Waals surface area contributed by atoms with Crippen LogP contribution in [0.4, 0.5) is 0 Å². The van der Waals surface area contributed by atoms with Crippen molar-refractivity contribution in [3.8, 4) is 78.8 Å². The molecule has 8 aromatic carbocycles. The molecule has 0 unspecified atom stereocenters. The van der Waals surface area contributed by atoms with Crippen LogP contribution < -0.4 is 0 Å². The summed E-state index contributed by atoms with van der Waals surface area (Å²) in [5.74, 6) is 1.95. The number of hydrogen-bond acceptors (Lipinski definition) is 4. The maximum Gasteiger partial charge on any atom is 0.164 e. The number of benzene rings is 8. The van der Waals surface area contributed by atoms with Gasteiger partial charge in [0.1, 0.15) is 0 Å². The van der Waals surface area contributed by atoms with E-state index < -0.39 is 0 Å². The minimum Gasteiger partial charge on any atom is -0.247 e. The summed E-state index contributed by atoms with van der Waals surface area (Å²) in [6.45, 7) is 0. The van der Waals surface area contributed by atoms with Crippen LogP contribution in [0.3, 0.4) is 0 Å². The standard InChI is InChI=1S/C52H34N4/c1-4-14-35(15-5-1)42-20-12-21-43(34-42)49-46-24-13-23-44(48(46)45-22-10-11-25-47(45)53-49)38-30-26-36(27-31-38)37-28-32-41(33-29-37)52-55-50(39-16-6-2-7-17-39)54-51(56-52)40-18-8-3-9-19-40/h1-34H. The molecule has 0 fully saturated rings. The number of hydrogen-bond donors (Lipinski definition) is 0. The summed E-state index contributed by atoms with van der Waals surface area (Å²) in [4.78, 5) is 19.9. The lowest BCUT2D eigenvalue weighted by molar-refractivity contribution is 1.07. The molecule has 10 rings (SSSR count). The van der Waals surface area contributed by atoms with Crippen molar-refractivity contribution in [2.45, 2.75) is 0 Å². The molecule has 0 bridgehead atoms. The third-order valence-electron chi connectivity index (χ3n) is 10.3. The monoisotopic (exact) mass is 714 g/mol. The second-order valence-corrected chi connectivity index (χ2v) is 13.8. The van der Waals surface area contributed by atoms with Crippen molar-refractivity contribution < 1.29 is 0 Å². The van der Waals surface area contributed by atoms with Crippen molar-refractivity contribution in [2.24, 2.45) is 0 Å². The number of para-hydroxylation sites is 1. The van der Waals surface area contributed by atoms with Crippen molar-refractivity contribution >= 4 is 21.7 Å². The minimum atomic E-state index is 0.642. The number of nitrogens with zero attached hydrogens (tertiary/aromatic N) is 4. The Balaban J connectivity index is 1.01. The first-order valence-corrected chi connectivity index (χ1v) is 18.8. The van der Waals surface area contributed by atoms with E-state index in [0.717, 1.165) is 60.9 Å². The Morgan fingerprint density at radius 1 is 0.250 bits per heavy atom. The van der Waals surface area contributed by atoms with Gasteiger partial charge in [0.2, 0.25) is 0 Å². The van der Waals surface area contributed by atoms with Crippen molar-refractivity contribution in [2.75, 3.05) is 0 Å². The van der Waals surface area contributed by atoms with E-state index in [1.54, 1.807) is 0 Å². The average Bonchev–Trinajstić information content (AvgIpc) is 3.29. The predicted molar refractivity (Wildman–Crippen MR) is 231 cm³/mol. The van der Waals surface area contributed by atoms with Gasteiger partial charge in [0.15, 0.2) is 17.5 Å². The molecule has 0 aliphatic heterocycles. The van der Waals surface area contributed by atoms with Gasteiger partial charge in [-0.2, -0.15) is 0 Å². The number of fused-ring (bicyclic) bond motifs is 3. The minimum absolute atomic E-state index is 0.642. The van der Waals surface area contributed by atoms with Crippen LogP contribution in [0.5, 0.6) is 0 Å². The molecule has 56 heavy (non-hydrogen) atoms. The van der Waals surface area contributed by atoms with Crippen molar-refractivity contribution in [1.29, 1.82) is 0 Å². The average molecular weight is 715 g/mol. The highest BCUT2D eigenvalue weighted by atomic mass is 15.0. The van der Waals surface area contributed by atoms with Gasteiger partial charge in [-0.15, -0.1) is 0 Å². The molecule has 0 N–H and O–H groups in total. The smallest absolute Gasteiger partial charge is 0.164 e. The van der Waals surface area contributed by atoms with Gasteiger partial charge >= 0.3 is 0 Å². The third-order valence-corrected chi connectivity index (χ3v) is 10.3. The molecule has 10 aromatic rings. The summed E-state index contributed by atoms with van der Waals surface area (Å²) >= 11 is 0. The van der Waals surface area contributed by atoms with Crippen LogP contribution in [-0.4, -0.2) is 19.9 Å². The fourth-order valence-corrected chi connectivity index (χ4v) is 7.53. The lowest BCUT2D eigenvalue weighted by Gasteiger charge is -2.15. The van der Waals surface area contributed by atoms with Crippen LogP contribution >= 0.6 is 0 Å². The van der Waals surface area contributed by atoms with Crippen LogP contribution in [-0.2, 0) is 0 Å². The molecule has 0 aliphatic carbocycles. The van der Waals surface area contributed by atoms with Crippen LogP contribution in [0.2, 0.25) is 0 Å². The van der Waals surface area contributed by atoms with E-state index in [4.69, 9.17) is 19.9 Å². The molecule has 0 saturated carbocycles. The zero-order valence-corrected chi connectivity index (χ0v) is 30.4. The molecular formula is C52H34N4. The molecule has 262 valence electrons. The van der Waals surface area contributed by atoms with Crippen LogP contribution in [0.25, 0.3) is 100 Å². The Kier molecular flexibility index (Phi) is 8.47. The number of pyridine rings is 1. The SMILES string of the molecule is c1ccc(-c2cccc(-c3nc4ccccc4c4c(-c5ccc(-c6ccc(-c7nc(-c8ccccc8)nc(-c8ccccc8)n7)cc6)cc5)cccc34)c2)cc1. The topological polar surface area (TPSA) is 51.6 Å². The zero-order valence-electron chi connectivity index (χ0n) is 30.4. The fourth-order valence-electron chi connectivity index (χ4n) is 7.53. The van der Waals surface area contributed by atoms with Crippen molar-refractivity contribution in [1.82, 2.24) is 19.9 Å². The molecule has 0 radical (unpaired) electrons. The summed E-state index contributed by atoms with van der Waals surface area (Å²) in [7, 11) is 0. The van der Waals surface area contributed by atoms with Gasteiger partial charge in [-0.05, 0) is 45.5 Å². The van der Waals surface area contributed by atoms with Gasteiger partial charge in [-0.25, -0.2) is 19.9 Å². The van der Waals surface area contributed by atoms with Gasteiger partial charge in [0, 0.05) is 38.4 Å². The van der Waals surface area contributed by atoms with Crippen molar-refractivity contribution in [3.05, 3.63) is 206 Å². The van der Waals surface area contributed by atoms with Crippen LogP contribution in [0.15, 0.2) is 206 Å². The second kappa shape index (κ2) is 14.3. The summed E-state index contributed by atoms with van der Waals surface area (Å²) in [6, 6.07) is 71.8. The van der Waals surface area contributed by atoms with E-state index in [0.29, 0.717) is 17.5 Å². The predicted octanol–water partition coefficient (Wildman–Crippen LogP) is 13.2. The Bertz CT molecular complexity index is 2920. The Labute approximate surface area is 325 Å².